The summed E-state index contributed by atoms with van der Waals surface area (Å²) in [6.07, 6.45) is 1.85. The van der Waals surface area contributed by atoms with Crippen molar-refractivity contribution in [1.29, 1.82) is 0 Å². The molecule has 18 heavy (non-hydrogen) atoms. The van der Waals surface area contributed by atoms with Gasteiger partial charge in [0.25, 0.3) is 5.91 Å². The third kappa shape index (κ3) is 4.96. The molecule has 0 saturated carbocycles. The van der Waals surface area contributed by atoms with Crippen LogP contribution in [0.2, 0.25) is 0 Å². The Hall–Kier alpha value is -1.89. The molecule has 7 nitrogen and oxygen atoms in total. The van der Waals surface area contributed by atoms with Gasteiger partial charge in [-0.3, -0.25) is 4.79 Å². The average Bonchev–Trinajstić information content (AvgIpc) is 2.42. The van der Waals surface area contributed by atoms with E-state index in [0.717, 1.165) is 12.2 Å². The smallest absolute Gasteiger partial charge is 0.331 e. The topological polar surface area (TPSA) is 82.1 Å². The minimum atomic E-state index is -0.762. The number of esters is 2. The molecule has 0 unspecified atom stereocenters. The van der Waals surface area contributed by atoms with E-state index in [1.807, 2.05) is 0 Å². The lowest BCUT2D eigenvalue weighted by Crippen LogP contribution is -2.42. The van der Waals surface area contributed by atoms with Crippen LogP contribution >= 0.6 is 0 Å². The number of ether oxygens (including phenoxy) is 3. The van der Waals surface area contributed by atoms with Crippen LogP contribution in [0.5, 0.6) is 0 Å². The Bertz CT molecular complexity index is 345. The molecular weight excluding hydrogens is 242 g/mol. The van der Waals surface area contributed by atoms with Crippen molar-refractivity contribution in [2.75, 3.05) is 40.0 Å². The molecule has 7 heteroatoms. The van der Waals surface area contributed by atoms with Crippen molar-refractivity contribution < 1.29 is 28.6 Å². The van der Waals surface area contributed by atoms with E-state index in [1.54, 1.807) is 4.90 Å². The van der Waals surface area contributed by atoms with Crippen LogP contribution in [-0.4, -0.2) is 62.8 Å². The largest absolute Gasteiger partial charge is 0.466 e. The first-order chi connectivity index (χ1) is 8.63. The lowest BCUT2D eigenvalue weighted by Gasteiger charge is -2.26. The van der Waals surface area contributed by atoms with Crippen LogP contribution in [0.15, 0.2) is 12.2 Å². The number of morpholine rings is 1. The van der Waals surface area contributed by atoms with E-state index in [1.165, 1.54) is 7.11 Å². The molecule has 1 heterocycles. The van der Waals surface area contributed by atoms with Crippen molar-refractivity contribution >= 4 is 17.8 Å². The van der Waals surface area contributed by atoms with Crippen LogP contribution < -0.4 is 0 Å². The van der Waals surface area contributed by atoms with Crippen molar-refractivity contribution in [3.63, 3.8) is 0 Å². The molecule has 0 aliphatic carbocycles. The monoisotopic (exact) mass is 257 g/mol. The van der Waals surface area contributed by atoms with E-state index < -0.39 is 11.9 Å². The van der Waals surface area contributed by atoms with E-state index in [9.17, 15) is 14.4 Å². The Morgan fingerprint density at radius 3 is 2.39 bits per heavy atom. The molecule has 1 amide bonds. The van der Waals surface area contributed by atoms with E-state index >= 15 is 0 Å². The maximum absolute atomic E-state index is 11.6. The molecule has 0 bridgehead atoms. The number of amides is 1. The molecule has 0 aromatic carbocycles. The van der Waals surface area contributed by atoms with Crippen LogP contribution in [0.25, 0.3) is 0 Å². The fourth-order valence-electron chi connectivity index (χ4n) is 1.29. The lowest BCUT2D eigenvalue weighted by molar-refractivity contribution is -0.150. The maximum Gasteiger partial charge on any atom is 0.331 e. The van der Waals surface area contributed by atoms with Gasteiger partial charge in [-0.15, -0.1) is 0 Å². The van der Waals surface area contributed by atoms with Crippen LogP contribution in [-0.2, 0) is 28.6 Å². The predicted molar refractivity (Wildman–Crippen MR) is 59.5 cm³/mol. The summed E-state index contributed by atoms with van der Waals surface area (Å²) in [6, 6.07) is 0. The zero-order valence-corrected chi connectivity index (χ0v) is 10.1. The minimum Gasteiger partial charge on any atom is -0.466 e. The average molecular weight is 257 g/mol. The summed E-state index contributed by atoms with van der Waals surface area (Å²) in [5.41, 5.74) is 0. The molecular formula is C11H15NO6. The molecule has 1 aliphatic rings. The molecule has 0 aromatic rings. The summed E-state index contributed by atoms with van der Waals surface area (Å²) in [5, 5.41) is 0. The minimum absolute atomic E-state index is 0.280. The van der Waals surface area contributed by atoms with Crippen LogP contribution in [0.3, 0.4) is 0 Å². The Morgan fingerprint density at radius 2 is 1.78 bits per heavy atom. The standard InChI is InChI=1S/C11H15NO6/c1-16-10(14)2-3-11(15)18-8-9(13)12-4-6-17-7-5-12/h2-3H,4-8H2,1H3. The first kappa shape index (κ1) is 14.2. The van der Waals surface area contributed by atoms with Crippen LogP contribution in [0, 0.1) is 0 Å². The highest BCUT2D eigenvalue weighted by Gasteiger charge is 2.17. The SMILES string of the molecule is COC(=O)C=CC(=O)OCC(=O)N1CCOCC1. The van der Waals surface area contributed by atoms with Gasteiger partial charge in [-0.1, -0.05) is 0 Å². The molecule has 1 aliphatic heterocycles. The second-order valence-electron chi connectivity index (χ2n) is 3.46. The zero-order chi connectivity index (χ0) is 13.4. The highest BCUT2D eigenvalue weighted by Crippen LogP contribution is 1.98. The molecule has 1 rings (SSSR count). The van der Waals surface area contributed by atoms with Gasteiger partial charge in [0.2, 0.25) is 0 Å². The molecule has 1 fully saturated rings. The second kappa shape index (κ2) is 7.44. The van der Waals surface area contributed by atoms with Crippen LogP contribution in [0.1, 0.15) is 0 Å². The quantitative estimate of drug-likeness (QED) is 0.480. The Balaban J connectivity index is 2.27. The van der Waals surface area contributed by atoms with Crippen LogP contribution in [0.4, 0.5) is 0 Å². The molecule has 0 N–H and O–H groups in total. The van der Waals surface area contributed by atoms with Gasteiger partial charge in [0, 0.05) is 25.2 Å². The molecule has 0 atom stereocenters. The number of hydrogen-bond acceptors (Lipinski definition) is 6. The third-order valence-corrected chi connectivity index (χ3v) is 2.26. The number of methoxy groups -OCH3 is 1. The number of carbonyl (C=O) groups excluding carboxylic acids is 3. The first-order valence-corrected chi connectivity index (χ1v) is 5.42. The van der Waals surface area contributed by atoms with E-state index in [0.29, 0.717) is 26.3 Å². The summed E-state index contributed by atoms with van der Waals surface area (Å²) >= 11 is 0. The van der Waals surface area contributed by atoms with Gasteiger partial charge in [0.05, 0.1) is 20.3 Å². The zero-order valence-electron chi connectivity index (χ0n) is 10.1. The fourth-order valence-corrected chi connectivity index (χ4v) is 1.29. The number of carbonyl (C=O) groups is 3. The number of hydrogen-bond donors (Lipinski definition) is 0. The van der Waals surface area contributed by atoms with Gasteiger partial charge >= 0.3 is 11.9 Å². The van der Waals surface area contributed by atoms with Gasteiger partial charge < -0.3 is 19.1 Å². The highest BCUT2D eigenvalue weighted by atomic mass is 16.5. The van der Waals surface area contributed by atoms with E-state index in [4.69, 9.17) is 4.74 Å². The van der Waals surface area contributed by atoms with Gasteiger partial charge in [-0.2, -0.15) is 0 Å². The van der Waals surface area contributed by atoms with Crippen molar-refractivity contribution in [2.45, 2.75) is 0 Å². The molecule has 0 spiro atoms. The summed E-state index contributed by atoms with van der Waals surface area (Å²) < 4.78 is 14.1. The van der Waals surface area contributed by atoms with Gasteiger partial charge in [0.15, 0.2) is 6.61 Å². The number of nitrogens with zero attached hydrogens (tertiary/aromatic N) is 1. The van der Waals surface area contributed by atoms with Gasteiger partial charge in [-0.05, 0) is 0 Å². The molecule has 0 radical (unpaired) electrons. The number of rotatable bonds is 4. The van der Waals surface area contributed by atoms with Crippen molar-refractivity contribution in [3.05, 3.63) is 12.2 Å². The van der Waals surface area contributed by atoms with E-state index in [2.05, 4.69) is 9.47 Å². The van der Waals surface area contributed by atoms with Gasteiger partial charge in [-0.25, -0.2) is 9.59 Å². The lowest BCUT2D eigenvalue weighted by atomic mass is 10.4. The Kier molecular flexibility index (Phi) is 5.86. The Morgan fingerprint density at radius 1 is 1.17 bits per heavy atom. The molecule has 0 aromatic heterocycles. The summed E-state index contributed by atoms with van der Waals surface area (Å²) in [7, 11) is 1.19. The highest BCUT2D eigenvalue weighted by molar-refractivity contribution is 5.92. The van der Waals surface area contributed by atoms with Crippen molar-refractivity contribution in [2.24, 2.45) is 0 Å². The first-order valence-electron chi connectivity index (χ1n) is 5.42. The summed E-state index contributed by atoms with van der Waals surface area (Å²) in [6.45, 7) is 1.62. The Labute approximate surface area is 104 Å². The molecule has 1 saturated heterocycles. The third-order valence-electron chi connectivity index (χ3n) is 2.26. The van der Waals surface area contributed by atoms with Crippen molar-refractivity contribution in [3.8, 4) is 0 Å². The summed E-state index contributed by atoms with van der Waals surface area (Å²) in [4.78, 5) is 35.0. The van der Waals surface area contributed by atoms with Crippen molar-refractivity contribution in [1.82, 2.24) is 4.90 Å². The fraction of sp³-hybridized carbons (Fsp3) is 0.545. The molecule has 100 valence electrons. The summed E-state index contributed by atoms with van der Waals surface area (Å²) in [5.74, 6) is -1.70. The second-order valence-corrected chi connectivity index (χ2v) is 3.46. The van der Waals surface area contributed by atoms with Gasteiger partial charge in [0.1, 0.15) is 0 Å². The normalized spacial score (nSPS) is 15.5. The maximum atomic E-state index is 11.6. The predicted octanol–water partition coefficient (Wildman–Crippen LogP) is -0.882. The van der Waals surface area contributed by atoms with E-state index in [-0.39, 0.29) is 12.5 Å².